The summed E-state index contributed by atoms with van der Waals surface area (Å²) in [5, 5.41) is 14.5. The maximum Gasteiger partial charge on any atom is 0.275 e. The van der Waals surface area contributed by atoms with Crippen molar-refractivity contribution in [3.8, 4) is 0 Å². The lowest BCUT2D eigenvalue weighted by molar-refractivity contribution is 0.102. The molecule has 2 aromatic rings. The molecule has 6 heteroatoms. The molecule has 2 rings (SSSR count). The lowest BCUT2D eigenvalue weighted by Gasteiger charge is -2.07. The Kier molecular flexibility index (Phi) is 4.62. The molecule has 1 aromatic carbocycles. The third-order valence-electron chi connectivity index (χ3n) is 2.58. The number of benzene rings is 1. The summed E-state index contributed by atoms with van der Waals surface area (Å²) in [6.45, 7) is 0.397. The fourth-order valence-electron chi connectivity index (χ4n) is 1.62. The molecule has 0 radical (unpaired) electrons. The molecule has 0 aliphatic rings. The minimum absolute atomic E-state index is 0.119. The Morgan fingerprint density at radius 1 is 1.42 bits per heavy atom. The van der Waals surface area contributed by atoms with Gasteiger partial charge in [0.2, 0.25) is 0 Å². The molecule has 0 bridgehead atoms. The fraction of sp³-hybridized carbons (Fsp3) is 0.231. The Morgan fingerprint density at radius 3 is 2.95 bits per heavy atom. The maximum atomic E-state index is 12.0. The van der Waals surface area contributed by atoms with Gasteiger partial charge in [0.1, 0.15) is 5.69 Å². The molecular formula is C13H15N3O2S. The lowest BCUT2D eigenvalue weighted by atomic mass is 10.2. The number of hydrogen-bond acceptors (Lipinski definition) is 5. The van der Waals surface area contributed by atoms with Crippen molar-refractivity contribution in [3.05, 3.63) is 45.9 Å². The van der Waals surface area contributed by atoms with E-state index in [-0.39, 0.29) is 12.5 Å². The van der Waals surface area contributed by atoms with Gasteiger partial charge in [-0.05, 0) is 12.6 Å². The highest BCUT2D eigenvalue weighted by Crippen LogP contribution is 2.17. The predicted molar refractivity (Wildman–Crippen MR) is 75.2 cm³/mol. The summed E-state index contributed by atoms with van der Waals surface area (Å²) < 4.78 is 0. The Bertz CT molecular complexity index is 569. The van der Waals surface area contributed by atoms with Gasteiger partial charge in [-0.2, -0.15) is 0 Å². The quantitative estimate of drug-likeness (QED) is 0.770. The molecule has 1 heterocycles. The van der Waals surface area contributed by atoms with E-state index < -0.39 is 0 Å². The number of anilines is 1. The number of aromatic nitrogens is 1. The second-order valence-corrected chi connectivity index (χ2v) is 4.88. The van der Waals surface area contributed by atoms with Crippen LogP contribution in [0.3, 0.4) is 0 Å². The standard InChI is InChI=1S/C13H15N3O2S/c14-6-5-12-15-11(8-19-12)13(18)16-10-4-2-1-3-9(10)7-17/h1-4,8,17H,5-7,14H2,(H,16,18). The van der Waals surface area contributed by atoms with Crippen LogP contribution in [0, 0.1) is 0 Å². The van der Waals surface area contributed by atoms with Gasteiger partial charge in [0.15, 0.2) is 0 Å². The van der Waals surface area contributed by atoms with Crippen molar-refractivity contribution in [2.24, 2.45) is 5.73 Å². The smallest absolute Gasteiger partial charge is 0.275 e. The summed E-state index contributed by atoms with van der Waals surface area (Å²) in [7, 11) is 0. The minimum Gasteiger partial charge on any atom is -0.392 e. The average molecular weight is 277 g/mol. The Morgan fingerprint density at radius 2 is 2.21 bits per heavy atom. The van der Waals surface area contributed by atoms with Crippen molar-refractivity contribution in [1.82, 2.24) is 4.98 Å². The number of thiazole rings is 1. The SMILES string of the molecule is NCCc1nc(C(=O)Nc2ccccc2CO)cs1. The van der Waals surface area contributed by atoms with Crippen molar-refractivity contribution >= 4 is 22.9 Å². The summed E-state index contributed by atoms with van der Waals surface area (Å²) >= 11 is 1.42. The molecule has 0 saturated carbocycles. The normalized spacial score (nSPS) is 10.4. The van der Waals surface area contributed by atoms with E-state index in [1.54, 1.807) is 23.6 Å². The van der Waals surface area contributed by atoms with Gasteiger partial charge in [-0.1, -0.05) is 18.2 Å². The number of nitrogens with one attached hydrogen (secondary N) is 1. The number of hydrogen-bond donors (Lipinski definition) is 3. The average Bonchev–Trinajstić information content (AvgIpc) is 2.88. The maximum absolute atomic E-state index is 12.0. The Hall–Kier alpha value is -1.76. The molecule has 0 spiro atoms. The number of nitrogens with zero attached hydrogens (tertiary/aromatic N) is 1. The molecule has 0 atom stereocenters. The first kappa shape index (κ1) is 13.7. The Balaban J connectivity index is 2.11. The van der Waals surface area contributed by atoms with Crippen LogP contribution < -0.4 is 11.1 Å². The number of amides is 1. The van der Waals surface area contributed by atoms with E-state index in [1.165, 1.54) is 11.3 Å². The van der Waals surface area contributed by atoms with Gasteiger partial charge >= 0.3 is 0 Å². The summed E-state index contributed by atoms with van der Waals surface area (Å²) in [5.41, 5.74) is 7.10. The van der Waals surface area contributed by atoms with Crippen molar-refractivity contribution in [2.45, 2.75) is 13.0 Å². The molecule has 0 aliphatic heterocycles. The molecule has 0 saturated heterocycles. The zero-order valence-electron chi connectivity index (χ0n) is 10.3. The molecule has 0 fully saturated rings. The molecular weight excluding hydrogens is 262 g/mol. The first-order valence-corrected chi connectivity index (χ1v) is 6.77. The van der Waals surface area contributed by atoms with Crippen molar-refractivity contribution < 1.29 is 9.90 Å². The van der Waals surface area contributed by atoms with Gasteiger partial charge in [-0.25, -0.2) is 4.98 Å². The molecule has 4 N–H and O–H groups in total. The first-order chi connectivity index (χ1) is 9.24. The number of nitrogens with two attached hydrogens (primary N) is 1. The van der Waals surface area contributed by atoms with Crippen LogP contribution in [0.15, 0.2) is 29.6 Å². The molecule has 0 aliphatic carbocycles. The van der Waals surface area contributed by atoms with Crippen LogP contribution >= 0.6 is 11.3 Å². The second-order valence-electron chi connectivity index (χ2n) is 3.93. The van der Waals surface area contributed by atoms with E-state index >= 15 is 0 Å². The number of carbonyl (C=O) groups is 1. The lowest BCUT2D eigenvalue weighted by Crippen LogP contribution is -2.14. The van der Waals surface area contributed by atoms with Crippen LogP contribution in [0.5, 0.6) is 0 Å². The van der Waals surface area contributed by atoms with E-state index in [4.69, 9.17) is 5.73 Å². The van der Waals surface area contributed by atoms with Crippen molar-refractivity contribution in [2.75, 3.05) is 11.9 Å². The number of carbonyl (C=O) groups excluding carboxylic acids is 1. The van der Waals surface area contributed by atoms with E-state index in [0.717, 1.165) is 5.01 Å². The predicted octanol–water partition coefficient (Wildman–Crippen LogP) is 1.39. The third-order valence-corrected chi connectivity index (χ3v) is 3.49. The monoisotopic (exact) mass is 277 g/mol. The molecule has 0 unspecified atom stereocenters. The largest absolute Gasteiger partial charge is 0.392 e. The topological polar surface area (TPSA) is 88.2 Å². The summed E-state index contributed by atoms with van der Waals surface area (Å²) in [6, 6.07) is 7.12. The number of para-hydroxylation sites is 1. The zero-order valence-corrected chi connectivity index (χ0v) is 11.1. The van der Waals surface area contributed by atoms with E-state index in [1.807, 2.05) is 6.07 Å². The van der Waals surface area contributed by atoms with Gasteiger partial charge in [0.05, 0.1) is 11.6 Å². The van der Waals surface area contributed by atoms with Gasteiger partial charge in [-0.15, -0.1) is 11.3 Å². The van der Waals surface area contributed by atoms with Crippen LogP contribution in [-0.2, 0) is 13.0 Å². The van der Waals surface area contributed by atoms with Crippen LogP contribution in [0.25, 0.3) is 0 Å². The second kappa shape index (κ2) is 6.42. The van der Waals surface area contributed by atoms with E-state index in [9.17, 15) is 9.90 Å². The van der Waals surface area contributed by atoms with E-state index in [0.29, 0.717) is 29.9 Å². The third kappa shape index (κ3) is 3.37. The molecule has 1 amide bonds. The summed E-state index contributed by atoms with van der Waals surface area (Å²) in [6.07, 6.45) is 0.672. The summed E-state index contributed by atoms with van der Waals surface area (Å²) in [5.74, 6) is -0.277. The number of rotatable bonds is 5. The molecule has 19 heavy (non-hydrogen) atoms. The first-order valence-electron chi connectivity index (χ1n) is 5.89. The molecule has 1 aromatic heterocycles. The van der Waals surface area contributed by atoms with Crippen LogP contribution in [0.4, 0.5) is 5.69 Å². The Labute approximate surface area is 115 Å². The summed E-state index contributed by atoms with van der Waals surface area (Å²) in [4.78, 5) is 16.2. The zero-order chi connectivity index (χ0) is 13.7. The van der Waals surface area contributed by atoms with Crippen LogP contribution in [-0.4, -0.2) is 22.5 Å². The highest BCUT2D eigenvalue weighted by Gasteiger charge is 2.12. The van der Waals surface area contributed by atoms with E-state index in [2.05, 4.69) is 10.3 Å². The van der Waals surface area contributed by atoms with Crippen molar-refractivity contribution in [1.29, 1.82) is 0 Å². The minimum atomic E-state index is -0.277. The number of aliphatic hydroxyl groups is 1. The fourth-order valence-corrected chi connectivity index (χ4v) is 2.41. The number of aliphatic hydroxyl groups excluding tert-OH is 1. The molecule has 5 nitrogen and oxygen atoms in total. The van der Waals surface area contributed by atoms with Crippen LogP contribution in [0.2, 0.25) is 0 Å². The molecule has 100 valence electrons. The highest BCUT2D eigenvalue weighted by atomic mass is 32.1. The van der Waals surface area contributed by atoms with Crippen molar-refractivity contribution in [3.63, 3.8) is 0 Å². The van der Waals surface area contributed by atoms with Gasteiger partial charge in [0.25, 0.3) is 5.91 Å². The highest BCUT2D eigenvalue weighted by molar-refractivity contribution is 7.09. The van der Waals surface area contributed by atoms with Crippen LogP contribution in [0.1, 0.15) is 21.1 Å². The van der Waals surface area contributed by atoms with Gasteiger partial charge in [-0.3, -0.25) is 4.79 Å². The van der Waals surface area contributed by atoms with Gasteiger partial charge < -0.3 is 16.2 Å². The van der Waals surface area contributed by atoms with Gasteiger partial charge in [0, 0.05) is 23.1 Å².